The van der Waals surface area contributed by atoms with Gasteiger partial charge in [0.25, 0.3) is 21.2 Å². The zero-order chi connectivity index (χ0) is 15.9. The van der Waals surface area contributed by atoms with Crippen molar-refractivity contribution in [2.75, 3.05) is 0 Å². The van der Waals surface area contributed by atoms with Gasteiger partial charge in [0.15, 0.2) is 0 Å². The third-order valence-electron chi connectivity index (χ3n) is 2.14. The Hall–Kier alpha value is -1.49. The van der Waals surface area contributed by atoms with E-state index < -0.39 is 48.3 Å². The molecule has 0 aliphatic heterocycles. The molecule has 0 aliphatic rings. The molecule has 0 saturated carbocycles. The summed E-state index contributed by atoms with van der Waals surface area (Å²) in [6, 6.07) is 0.162. The molecule has 0 aromatic heterocycles. The first-order valence-electron chi connectivity index (χ1n) is 4.48. The fourth-order valence-corrected chi connectivity index (χ4v) is 2.85. The van der Waals surface area contributed by atoms with E-state index in [2.05, 4.69) is 0 Å². The first-order chi connectivity index (χ1) is 8.87. The van der Waals surface area contributed by atoms with Crippen LogP contribution in [0.5, 0.6) is 0 Å². The Bertz CT molecular complexity index is 658. The quantitative estimate of drug-likeness (QED) is 0.365. The van der Waals surface area contributed by atoms with E-state index in [1.54, 1.807) is 0 Å². The van der Waals surface area contributed by atoms with Crippen LogP contribution in [0, 0.1) is 10.1 Å². The van der Waals surface area contributed by atoms with Gasteiger partial charge in [0.2, 0.25) is 0 Å². The molecular formula is C8H3ClF5NO4S. The third-order valence-corrected chi connectivity index (χ3v) is 3.53. The van der Waals surface area contributed by atoms with Crippen molar-refractivity contribution in [2.45, 2.75) is 17.5 Å². The summed E-state index contributed by atoms with van der Waals surface area (Å²) in [7, 11) is -0.569. The van der Waals surface area contributed by atoms with E-state index in [1.165, 1.54) is 0 Å². The van der Waals surface area contributed by atoms with Crippen LogP contribution in [0.3, 0.4) is 0 Å². The molecule has 0 spiro atoms. The average molecular weight is 340 g/mol. The third kappa shape index (κ3) is 3.15. The molecule has 0 amide bonds. The number of nitro groups is 1. The number of nitrogens with zero attached hydrogens (tertiary/aromatic N) is 1. The van der Waals surface area contributed by atoms with Gasteiger partial charge in [-0.2, -0.15) is 13.2 Å². The standard InChI is InChI=1S/C8H3ClF5NO4S/c9-20(18,19)6-3(8(12,13)14)1-2-4(15(16)17)5(6)7(10)11/h1-2,7H. The minimum absolute atomic E-state index is 0.0132. The molecule has 0 heterocycles. The summed E-state index contributed by atoms with van der Waals surface area (Å²) < 4.78 is 85.6. The van der Waals surface area contributed by atoms with Gasteiger partial charge in [0.05, 0.1) is 10.5 Å². The van der Waals surface area contributed by atoms with E-state index in [1.807, 2.05) is 0 Å². The molecule has 112 valence electrons. The molecular weight excluding hydrogens is 337 g/mol. The number of alkyl halides is 5. The van der Waals surface area contributed by atoms with Gasteiger partial charge in [-0.05, 0) is 6.07 Å². The summed E-state index contributed by atoms with van der Waals surface area (Å²) in [6.45, 7) is 0. The predicted octanol–water partition coefficient (Wildman–Crippen LogP) is 3.48. The van der Waals surface area contributed by atoms with Gasteiger partial charge in [0.1, 0.15) is 10.5 Å². The highest BCUT2D eigenvalue weighted by atomic mass is 35.7. The highest BCUT2D eigenvalue weighted by Gasteiger charge is 2.42. The second-order valence-electron chi connectivity index (χ2n) is 3.37. The van der Waals surface area contributed by atoms with E-state index in [9.17, 15) is 40.5 Å². The molecule has 0 bridgehead atoms. The van der Waals surface area contributed by atoms with Crippen molar-refractivity contribution in [3.63, 3.8) is 0 Å². The van der Waals surface area contributed by atoms with Crippen molar-refractivity contribution in [3.8, 4) is 0 Å². The zero-order valence-corrected chi connectivity index (χ0v) is 10.6. The van der Waals surface area contributed by atoms with E-state index in [0.717, 1.165) is 0 Å². The molecule has 0 radical (unpaired) electrons. The van der Waals surface area contributed by atoms with Crippen LogP contribution >= 0.6 is 10.7 Å². The van der Waals surface area contributed by atoms with Gasteiger partial charge in [-0.25, -0.2) is 17.2 Å². The lowest BCUT2D eigenvalue weighted by atomic mass is 10.1. The number of halogens is 6. The Morgan fingerprint density at radius 2 is 1.75 bits per heavy atom. The Labute approximate surface area is 112 Å². The van der Waals surface area contributed by atoms with Crippen molar-refractivity contribution < 1.29 is 35.3 Å². The van der Waals surface area contributed by atoms with Crippen LogP contribution in [0.15, 0.2) is 17.0 Å². The molecule has 1 rings (SSSR count). The van der Waals surface area contributed by atoms with Crippen LogP contribution in [-0.2, 0) is 15.2 Å². The van der Waals surface area contributed by atoms with E-state index >= 15 is 0 Å². The molecule has 0 aliphatic carbocycles. The lowest BCUT2D eigenvalue weighted by molar-refractivity contribution is -0.386. The van der Waals surface area contributed by atoms with Gasteiger partial charge in [-0.1, -0.05) is 0 Å². The number of benzene rings is 1. The summed E-state index contributed by atoms with van der Waals surface area (Å²) in [5, 5.41) is 10.5. The molecule has 0 atom stereocenters. The van der Waals surface area contributed by atoms with Crippen LogP contribution in [0.2, 0.25) is 0 Å². The maximum absolute atomic E-state index is 12.8. The largest absolute Gasteiger partial charge is 0.417 e. The van der Waals surface area contributed by atoms with Crippen molar-refractivity contribution in [1.29, 1.82) is 0 Å². The minimum atomic E-state index is -5.32. The van der Waals surface area contributed by atoms with Crippen LogP contribution in [-0.4, -0.2) is 13.3 Å². The van der Waals surface area contributed by atoms with Gasteiger partial charge in [-0.15, -0.1) is 0 Å². The molecule has 20 heavy (non-hydrogen) atoms. The first kappa shape index (κ1) is 16.6. The highest BCUT2D eigenvalue weighted by Crippen LogP contribution is 2.43. The summed E-state index contributed by atoms with van der Waals surface area (Å²) in [5.74, 6) is 0. The maximum atomic E-state index is 12.8. The van der Waals surface area contributed by atoms with Crippen LogP contribution in [0.25, 0.3) is 0 Å². The second kappa shape index (κ2) is 5.13. The molecule has 1 aromatic carbocycles. The molecule has 0 saturated heterocycles. The lowest BCUT2D eigenvalue weighted by Gasteiger charge is -2.14. The molecule has 0 fully saturated rings. The van der Waals surface area contributed by atoms with Gasteiger partial charge >= 0.3 is 6.18 Å². The molecule has 0 N–H and O–H groups in total. The average Bonchev–Trinajstić information content (AvgIpc) is 2.24. The fraction of sp³-hybridized carbons (Fsp3) is 0.250. The van der Waals surface area contributed by atoms with E-state index in [0.29, 0.717) is 0 Å². The number of hydrogen-bond acceptors (Lipinski definition) is 4. The molecule has 5 nitrogen and oxygen atoms in total. The summed E-state index contributed by atoms with van der Waals surface area (Å²) in [4.78, 5) is 7.09. The highest BCUT2D eigenvalue weighted by molar-refractivity contribution is 8.13. The van der Waals surface area contributed by atoms with Crippen molar-refractivity contribution in [1.82, 2.24) is 0 Å². The summed E-state index contributed by atoms with van der Waals surface area (Å²) >= 11 is 0. The Morgan fingerprint density at radius 3 is 2.05 bits per heavy atom. The monoisotopic (exact) mass is 339 g/mol. The normalized spacial score (nSPS) is 12.8. The topological polar surface area (TPSA) is 77.3 Å². The summed E-state index contributed by atoms with van der Waals surface area (Å²) in [6.07, 6.45) is -9.16. The molecule has 12 heteroatoms. The Balaban J connectivity index is 3.97. The second-order valence-corrected chi connectivity index (χ2v) is 5.87. The fourth-order valence-electron chi connectivity index (χ4n) is 1.45. The van der Waals surface area contributed by atoms with E-state index in [4.69, 9.17) is 10.7 Å². The van der Waals surface area contributed by atoms with Crippen LogP contribution in [0.1, 0.15) is 17.6 Å². The maximum Gasteiger partial charge on any atom is 0.417 e. The molecule has 1 aromatic rings. The van der Waals surface area contributed by atoms with Crippen LogP contribution < -0.4 is 0 Å². The van der Waals surface area contributed by atoms with Crippen molar-refractivity contribution in [2.24, 2.45) is 0 Å². The number of nitro benzene ring substituents is 1. The Kier molecular flexibility index (Phi) is 4.25. The van der Waals surface area contributed by atoms with Gasteiger partial charge in [-0.3, -0.25) is 10.1 Å². The number of hydrogen-bond donors (Lipinski definition) is 0. The van der Waals surface area contributed by atoms with E-state index in [-0.39, 0.29) is 12.1 Å². The molecule has 0 unspecified atom stereocenters. The zero-order valence-electron chi connectivity index (χ0n) is 8.99. The number of rotatable bonds is 3. The summed E-state index contributed by atoms with van der Waals surface area (Å²) in [5.41, 5.74) is -5.35. The van der Waals surface area contributed by atoms with Gasteiger partial charge < -0.3 is 0 Å². The van der Waals surface area contributed by atoms with Crippen molar-refractivity contribution >= 4 is 25.4 Å². The smallest absolute Gasteiger partial charge is 0.258 e. The van der Waals surface area contributed by atoms with Crippen molar-refractivity contribution in [3.05, 3.63) is 33.4 Å². The lowest BCUT2D eigenvalue weighted by Crippen LogP contribution is -2.14. The van der Waals surface area contributed by atoms with Gasteiger partial charge in [0, 0.05) is 16.7 Å². The minimum Gasteiger partial charge on any atom is -0.258 e. The predicted molar refractivity (Wildman–Crippen MR) is 56.1 cm³/mol. The first-order valence-corrected chi connectivity index (χ1v) is 6.79. The van der Waals surface area contributed by atoms with Crippen LogP contribution in [0.4, 0.5) is 27.6 Å². The SMILES string of the molecule is O=[N+]([O-])c1ccc(C(F)(F)F)c(S(=O)(=O)Cl)c1C(F)F. The Morgan fingerprint density at radius 1 is 1.25 bits per heavy atom.